The van der Waals surface area contributed by atoms with Crippen molar-refractivity contribution in [2.45, 2.75) is 25.7 Å². The van der Waals surface area contributed by atoms with Gasteiger partial charge in [0.15, 0.2) is 5.76 Å². The van der Waals surface area contributed by atoms with Crippen molar-refractivity contribution < 1.29 is 9.21 Å². The molecule has 0 atom stereocenters. The van der Waals surface area contributed by atoms with Crippen molar-refractivity contribution in [3.63, 3.8) is 0 Å². The summed E-state index contributed by atoms with van der Waals surface area (Å²) in [6.07, 6.45) is 1.51. The van der Waals surface area contributed by atoms with Crippen LogP contribution in [0.5, 0.6) is 0 Å². The third-order valence-electron chi connectivity index (χ3n) is 2.27. The Bertz CT molecular complexity index is 333. The summed E-state index contributed by atoms with van der Waals surface area (Å²) in [5.41, 5.74) is 0. The minimum Gasteiger partial charge on any atom is -0.459 e. The van der Waals surface area contributed by atoms with Gasteiger partial charge in [0.25, 0.3) is 5.91 Å². The quantitative estimate of drug-likeness (QED) is 0.612. The van der Waals surface area contributed by atoms with Gasteiger partial charge in [-0.25, -0.2) is 0 Å². The Labute approximate surface area is 108 Å². The summed E-state index contributed by atoms with van der Waals surface area (Å²) in [6.45, 7) is 7.85. The Hall–Kier alpha value is -0.683. The normalized spacial score (nSPS) is 11.5. The van der Waals surface area contributed by atoms with Gasteiger partial charge in [-0.15, -0.1) is 0 Å². The van der Waals surface area contributed by atoms with Crippen LogP contribution in [0, 0.1) is 0 Å². The van der Waals surface area contributed by atoms with Crippen molar-refractivity contribution in [3.05, 3.63) is 24.2 Å². The maximum absolute atomic E-state index is 11.5. The second-order valence-corrected chi connectivity index (χ2v) is 12.0. The molecule has 3 nitrogen and oxygen atoms in total. The first-order chi connectivity index (χ1) is 7.99. The fourth-order valence-corrected chi connectivity index (χ4v) is 4.69. The number of nitrogens with one attached hydrogen (secondary N) is 1. The molecule has 0 spiro atoms. The van der Waals surface area contributed by atoms with Crippen molar-refractivity contribution >= 4 is 25.7 Å². The van der Waals surface area contributed by atoms with Crippen LogP contribution in [-0.4, -0.2) is 32.0 Å². The van der Waals surface area contributed by atoms with Gasteiger partial charge < -0.3 is 9.73 Å². The predicted molar refractivity (Wildman–Crippen MR) is 76.5 cm³/mol. The SMILES string of the molecule is C[Si](C)(C)CCSCCNC(=O)c1ccco1. The van der Waals surface area contributed by atoms with E-state index in [2.05, 4.69) is 25.0 Å². The summed E-state index contributed by atoms with van der Waals surface area (Å²) >= 11 is 1.91. The number of thioether (sulfide) groups is 1. The molecule has 1 aromatic heterocycles. The second-order valence-electron chi connectivity index (χ2n) is 5.16. The maximum Gasteiger partial charge on any atom is 0.287 e. The zero-order valence-electron chi connectivity index (χ0n) is 10.8. The fraction of sp³-hybridized carbons (Fsp3) is 0.583. The van der Waals surface area contributed by atoms with Gasteiger partial charge in [-0.3, -0.25) is 4.79 Å². The van der Waals surface area contributed by atoms with Crippen molar-refractivity contribution in [1.82, 2.24) is 5.32 Å². The van der Waals surface area contributed by atoms with Gasteiger partial charge in [-0.05, 0) is 23.9 Å². The average molecular weight is 271 g/mol. The number of rotatable bonds is 7. The molecule has 0 radical (unpaired) electrons. The lowest BCUT2D eigenvalue weighted by Gasteiger charge is -2.14. The molecule has 0 bridgehead atoms. The first kappa shape index (κ1) is 14.4. The average Bonchev–Trinajstić information content (AvgIpc) is 2.74. The van der Waals surface area contributed by atoms with E-state index >= 15 is 0 Å². The molecule has 1 N–H and O–H groups in total. The largest absolute Gasteiger partial charge is 0.459 e. The van der Waals surface area contributed by atoms with E-state index < -0.39 is 8.07 Å². The first-order valence-corrected chi connectivity index (χ1v) is 10.7. The molecule has 0 unspecified atom stereocenters. The molecule has 0 fully saturated rings. The lowest BCUT2D eigenvalue weighted by molar-refractivity contribution is 0.0928. The zero-order chi connectivity index (χ0) is 12.7. The molecule has 0 aliphatic carbocycles. The van der Waals surface area contributed by atoms with E-state index in [9.17, 15) is 4.79 Å². The Morgan fingerprint density at radius 2 is 2.18 bits per heavy atom. The molecule has 0 aliphatic heterocycles. The van der Waals surface area contributed by atoms with Gasteiger partial charge in [-0.1, -0.05) is 19.6 Å². The van der Waals surface area contributed by atoms with Crippen LogP contribution in [-0.2, 0) is 0 Å². The molecule has 5 heteroatoms. The van der Waals surface area contributed by atoms with Gasteiger partial charge >= 0.3 is 0 Å². The maximum atomic E-state index is 11.5. The molecule has 1 aromatic rings. The Morgan fingerprint density at radius 3 is 2.76 bits per heavy atom. The second kappa shape index (κ2) is 6.91. The zero-order valence-corrected chi connectivity index (χ0v) is 12.6. The topological polar surface area (TPSA) is 42.2 Å². The van der Waals surface area contributed by atoms with Gasteiger partial charge in [0.2, 0.25) is 0 Å². The third-order valence-corrected chi connectivity index (χ3v) is 5.37. The fourth-order valence-electron chi connectivity index (χ4n) is 1.21. The molecule has 0 saturated heterocycles. The highest BCUT2D eigenvalue weighted by Crippen LogP contribution is 2.13. The molecule has 0 aromatic carbocycles. The molecular formula is C12H21NO2SSi. The number of amides is 1. The van der Waals surface area contributed by atoms with Gasteiger partial charge in [0, 0.05) is 20.4 Å². The molecule has 17 heavy (non-hydrogen) atoms. The molecule has 1 rings (SSSR count). The van der Waals surface area contributed by atoms with Crippen molar-refractivity contribution in [2.75, 3.05) is 18.1 Å². The molecule has 1 amide bonds. The highest BCUT2D eigenvalue weighted by atomic mass is 32.2. The van der Waals surface area contributed by atoms with E-state index in [1.54, 1.807) is 12.1 Å². The highest BCUT2D eigenvalue weighted by molar-refractivity contribution is 7.99. The van der Waals surface area contributed by atoms with Crippen LogP contribution in [0.3, 0.4) is 0 Å². The smallest absolute Gasteiger partial charge is 0.287 e. The standard InChI is InChI=1S/C12H21NO2SSi/c1-17(2,3)10-9-16-8-6-13-12(14)11-5-4-7-15-11/h4-5,7H,6,8-10H2,1-3H3,(H,13,14). The summed E-state index contributed by atoms with van der Waals surface area (Å²) in [4.78, 5) is 11.5. The van der Waals surface area contributed by atoms with Crippen LogP contribution in [0.15, 0.2) is 22.8 Å². The molecule has 96 valence electrons. The first-order valence-electron chi connectivity index (χ1n) is 5.88. The highest BCUT2D eigenvalue weighted by Gasteiger charge is 2.12. The number of hydrogen-bond donors (Lipinski definition) is 1. The summed E-state index contributed by atoms with van der Waals surface area (Å²) in [7, 11) is -0.906. The monoisotopic (exact) mass is 271 g/mol. The lowest BCUT2D eigenvalue weighted by atomic mass is 10.4. The Kier molecular flexibility index (Phi) is 5.84. The Morgan fingerprint density at radius 1 is 1.41 bits per heavy atom. The van der Waals surface area contributed by atoms with Crippen LogP contribution >= 0.6 is 11.8 Å². The van der Waals surface area contributed by atoms with Crippen LogP contribution in [0.1, 0.15) is 10.6 Å². The summed E-state index contributed by atoms with van der Waals surface area (Å²) in [5.74, 6) is 2.43. The van der Waals surface area contributed by atoms with E-state index in [1.165, 1.54) is 18.1 Å². The van der Waals surface area contributed by atoms with Crippen LogP contribution < -0.4 is 5.32 Å². The van der Waals surface area contributed by atoms with E-state index in [0.29, 0.717) is 12.3 Å². The molecule has 0 aliphatic rings. The van der Waals surface area contributed by atoms with Crippen molar-refractivity contribution in [1.29, 1.82) is 0 Å². The van der Waals surface area contributed by atoms with Crippen LogP contribution in [0.25, 0.3) is 0 Å². The van der Waals surface area contributed by atoms with E-state index in [-0.39, 0.29) is 5.91 Å². The van der Waals surface area contributed by atoms with E-state index in [0.717, 1.165) is 5.75 Å². The predicted octanol–water partition coefficient (Wildman–Crippen LogP) is 3.08. The van der Waals surface area contributed by atoms with Gasteiger partial charge in [0.1, 0.15) is 0 Å². The van der Waals surface area contributed by atoms with Crippen LogP contribution in [0.4, 0.5) is 0 Å². The van der Waals surface area contributed by atoms with Gasteiger partial charge in [-0.2, -0.15) is 11.8 Å². The van der Waals surface area contributed by atoms with Gasteiger partial charge in [0.05, 0.1) is 6.26 Å². The minimum absolute atomic E-state index is 0.124. The molecular weight excluding hydrogens is 250 g/mol. The third kappa shape index (κ3) is 6.58. The number of hydrogen-bond acceptors (Lipinski definition) is 3. The summed E-state index contributed by atoms with van der Waals surface area (Å²) in [5, 5.41) is 2.84. The summed E-state index contributed by atoms with van der Waals surface area (Å²) < 4.78 is 5.00. The van der Waals surface area contributed by atoms with Crippen molar-refractivity contribution in [2.24, 2.45) is 0 Å². The number of carbonyl (C=O) groups is 1. The molecule has 0 saturated carbocycles. The minimum atomic E-state index is -0.906. The summed E-state index contributed by atoms with van der Waals surface area (Å²) in [6, 6.07) is 4.73. The number of carbonyl (C=O) groups excluding carboxylic acids is 1. The van der Waals surface area contributed by atoms with E-state index in [1.807, 2.05) is 11.8 Å². The van der Waals surface area contributed by atoms with Crippen molar-refractivity contribution in [3.8, 4) is 0 Å². The number of furan rings is 1. The van der Waals surface area contributed by atoms with Crippen LogP contribution in [0.2, 0.25) is 25.7 Å². The van der Waals surface area contributed by atoms with E-state index in [4.69, 9.17) is 4.42 Å². The molecule has 1 heterocycles. The lowest BCUT2D eigenvalue weighted by Crippen LogP contribution is -2.25. The Balaban J connectivity index is 2.03.